The minimum Gasteiger partial charge on any atom is -0.506 e. The van der Waals surface area contributed by atoms with Crippen molar-refractivity contribution in [1.82, 2.24) is 19.7 Å². The fourth-order valence-electron chi connectivity index (χ4n) is 3.55. The number of hydrogen-bond acceptors (Lipinski definition) is 6. The summed E-state index contributed by atoms with van der Waals surface area (Å²) in [6.45, 7) is 4.01. The zero-order valence-corrected chi connectivity index (χ0v) is 18.7. The maximum Gasteiger partial charge on any atom is 0.326 e. The normalized spacial score (nSPS) is 15.3. The highest BCUT2D eigenvalue weighted by Crippen LogP contribution is 2.38. The molecule has 1 aliphatic heterocycles. The van der Waals surface area contributed by atoms with E-state index in [4.69, 9.17) is 0 Å². The third kappa shape index (κ3) is 4.33. The summed E-state index contributed by atoms with van der Waals surface area (Å²) in [4.78, 5) is 24.0. The van der Waals surface area contributed by atoms with Gasteiger partial charge in [-0.15, -0.1) is 0 Å². The molecule has 2 aromatic heterocycles. The lowest BCUT2D eigenvalue weighted by Crippen LogP contribution is -2.30. The molecule has 0 spiro atoms. The van der Waals surface area contributed by atoms with E-state index in [1.807, 2.05) is 0 Å². The molecular weight excluding hydrogens is 453 g/mol. The van der Waals surface area contributed by atoms with Crippen molar-refractivity contribution in [3.8, 4) is 16.9 Å². The van der Waals surface area contributed by atoms with Crippen LogP contribution in [0.15, 0.2) is 36.7 Å². The van der Waals surface area contributed by atoms with Crippen LogP contribution in [0.4, 0.5) is 10.1 Å². The quantitative estimate of drug-likeness (QED) is 0.498. The first-order valence-electron chi connectivity index (χ1n) is 10.2. The fraction of sp³-hybridized carbons (Fsp3) is 0.286. The van der Waals surface area contributed by atoms with Crippen molar-refractivity contribution >= 4 is 33.2 Å². The number of rotatable bonds is 6. The Kier molecular flexibility index (Phi) is 5.70. The number of amides is 2. The molecule has 10 nitrogen and oxygen atoms in total. The highest BCUT2D eigenvalue weighted by atomic mass is 32.2. The van der Waals surface area contributed by atoms with Crippen LogP contribution in [-0.4, -0.2) is 48.0 Å². The van der Waals surface area contributed by atoms with Crippen molar-refractivity contribution in [3.05, 3.63) is 48.0 Å². The van der Waals surface area contributed by atoms with E-state index in [0.29, 0.717) is 33.4 Å². The Morgan fingerprint density at radius 2 is 2.09 bits per heavy atom. The smallest absolute Gasteiger partial charge is 0.326 e. The first-order chi connectivity index (χ1) is 15.6. The van der Waals surface area contributed by atoms with Crippen molar-refractivity contribution in [2.45, 2.75) is 20.3 Å². The Morgan fingerprint density at radius 1 is 1.33 bits per heavy atom. The molecule has 174 valence electrons. The van der Waals surface area contributed by atoms with E-state index in [0.717, 1.165) is 12.5 Å². The highest BCUT2D eigenvalue weighted by Gasteiger charge is 2.37. The van der Waals surface area contributed by atoms with Crippen LogP contribution in [0.3, 0.4) is 0 Å². The average molecular weight is 476 g/mol. The Bertz CT molecular complexity index is 1350. The van der Waals surface area contributed by atoms with Crippen molar-refractivity contribution in [2.24, 2.45) is 5.92 Å². The van der Waals surface area contributed by atoms with Gasteiger partial charge in [0.25, 0.3) is 11.8 Å². The minimum absolute atomic E-state index is 0.219. The van der Waals surface area contributed by atoms with Gasteiger partial charge in [-0.05, 0) is 42.2 Å². The van der Waals surface area contributed by atoms with E-state index >= 15 is 0 Å². The van der Waals surface area contributed by atoms with Gasteiger partial charge < -0.3 is 10.4 Å². The molecule has 3 aromatic rings. The van der Waals surface area contributed by atoms with Gasteiger partial charge in [-0.25, -0.2) is 17.9 Å². The van der Waals surface area contributed by atoms with Gasteiger partial charge in [0.1, 0.15) is 18.0 Å². The molecule has 1 fully saturated rings. The second-order valence-electron chi connectivity index (χ2n) is 8.10. The number of carbonyl (C=O) groups is 2. The van der Waals surface area contributed by atoms with E-state index in [1.165, 1.54) is 16.8 Å². The molecule has 1 aromatic carbocycles. The topological polar surface area (TPSA) is 133 Å². The average Bonchev–Trinajstić information content (AvgIpc) is 3.26. The van der Waals surface area contributed by atoms with Gasteiger partial charge >= 0.3 is 10.2 Å². The summed E-state index contributed by atoms with van der Waals surface area (Å²) in [5.74, 6) is -2.34. The minimum atomic E-state index is -4.29. The number of phenols is 1. The van der Waals surface area contributed by atoms with E-state index < -0.39 is 39.9 Å². The van der Waals surface area contributed by atoms with Gasteiger partial charge in [0.05, 0.1) is 11.7 Å². The lowest BCUT2D eigenvalue weighted by Gasteiger charge is -2.17. The van der Waals surface area contributed by atoms with E-state index in [1.54, 1.807) is 23.1 Å². The Hall–Kier alpha value is -3.67. The maximum absolute atomic E-state index is 14.9. The summed E-state index contributed by atoms with van der Waals surface area (Å²) in [7, 11) is -4.29. The molecule has 0 unspecified atom stereocenters. The molecule has 0 bridgehead atoms. The third-order valence-corrected chi connectivity index (χ3v) is 6.59. The van der Waals surface area contributed by atoms with Crippen molar-refractivity contribution < 1.29 is 27.5 Å². The molecule has 4 rings (SSSR count). The molecule has 33 heavy (non-hydrogen) atoms. The van der Waals surface area contributed by atoms with Gasteiger partial charge in [0.2, 0.25) is 0 Å². The number of nitrogens with one attached hydrogen (secondary N) is 2. The largest absolute Gasteiger partial charge is 0.506 e. The Labute approximate surface area is 189 Å². The second-order valence-corrected chi connectivity index (χ2v) is 9.70. The van der Waals surface area contributed by atoms with Crippen LogP contribution in [0.2, 0.25) is 0 Å². The number of carbonyl (C=O) groups excluding carboxylic acids is 2. The zero-order valence-electron chi connectivity index (χ0n) is 17.9. The maximum atomic E-state index is 14.9. The number of benzene rings is 1. The SMILES string of the molecule is CC(C)CCNC(=O)c1ccn2ncc(-c3cc(O)c(N4CC(=O)NS4(=O)=O)c(F)c3)c2c1. The number of anilines is 1. The molecule has 0 atom stereocenters. The van der Waals surface area contributed by atoms with Crippen LogP contribution in [0, 0.1) is 11.7 Å². The number of hydrogen-bond donors (Lipinski definition) is 3. The van der Waals surface area contributed by atoms with Crippen LogP contribution in [-0.2, 0) is 15.0 Å². The van der Waals surface area contributed by atoms with Crippen molar-refractivity contribution in [3.63, 3.8) is 0 Å². The first kappa shape index (κ1) is 22.5. The predicted molar refractivity (Wildman–Crippen MR) is 118 cm³/mol. The molecule has 3 N–H and O–H groups in total. The number of aromatic hydroxyl groups is 1. The van der Waals surface area contributed by atoms with Crippen molar-refractivity contribution in [1.29, 1.82) is 0 Å². The predicted octanol–water partition coefficient (Wildman–Crippen LogP) is 1.80. The summed E-state index contributed by atoms with van der Waals surface area (Å²) < 4.78 is 42.7. The zero-order chi connectivity index (χ0) is 23.9. The van der Waals surface area contributed by atoms with Gasteiger partial charge in [-0.2, -0.15) is 13.5 Å². The fourth-order valence-corrected chi connectivity index (χ4v) is 4.72. The summed E-state index contributed by atoms with van der Waals surface area (Å²) in [5.41, 5.74) is 0.896. The Balaban J connectivity index is 1.69. The van der Waals surface area contributed by atoms with Gasteiger partial charge in [0, 0.05) is 23.9 Å². The molecule has 1 aliphatic rings. The summed E-state index contributed by atoms with van der Waals surface area (Å²) >= 11 is 0. The lowest BCUT2D eigenvalue weighted by atomic mass is 10.0. The van der Waals surface area contributed by atoms with Gasteiger partial charge in [0.15, 0.2) is 5.82 Å². The molecule has 0 aliphatic carbocycles. The number of pyridine rings is 1. The number of nitrogens with zero attached hydrogens (tertiary/aromatic N) is 3. The molecule has 0 saturated carbocycles. The van der Waals surface area contributed by atoms with Crippen LogP contribution in [0.25, 0.3) is 16.6 Å². The molecule has 1 saturated heterocycles. The monoisotopic (exact) mass is 475 g/mol. The number of halogens is 1. The number of aromatic nitrogens is 2. The standard InChI is InChI=1S/C21H22FN5O5S/c1-12(2)3-5-23-21(30)13-4-6-26-17(8-13)15(10-24-26)14-7-16(22)20(18(28)9-14)27-11-19(29)25-33(27,31)32/h4,6-10,12,28H,3,5,11H2,1-2H3,(H,23,30)(H,25,29). The Morgan fingerprint density at radius 3 is 2.73 bits per heavy atom. The molecule has 0 radical (unpaired) electrons. The molecule has 12 heteroatoms. The van der Waals surface area contributed by atoms with E-state index in [2.05, 4.69) is 24.3 Å². The third-order valence-electron chi connectivity index (χ3n) is 5.21. The van der Waals surface area contributed by atoms with Crippen LogP contribution in [0.1, 0.15) is 30.6 Å². The molecule has 3 heterocycles. The van der Waals surface area contributed by atoms with Crippen LogP contribution in [0.5, 0.6) is 5.75 Å². The van der Waals surface area contributed by atoms with Crippen molar-refractivity contribution in [2.75, 3.05) is 17.4 Å². The van der Waals surface area contributed by atoms with E-state index in [9.17, 15) is 27.5 Å². The highest BCUT2D eigenvalue weighted by molar-refractivity contribution is 7.92. The second kappa shape index (κ2) is 8.35. The summed E-state index contributed by atoms with van der Waals surface area (Å²) in [6.07, 6.45) is 3.88. The van der Waals surface area contributed by atoms with Gasteiger partial charge in [-0.1, -0.05) is 13.8 Å². The van der Waals surface area contributed by atoms with Crippen LogP contribution < -0.4 is 14.3 Å². The lowest BCUT2D eigenvalue weighted by molar-refractivity contribution is -0.117. The summed E-state index contributed by atoms with van der Waals surface area (Å²) in [6, 6.07) is 5.43. The molecular formula is C21H22FN5O5S. The molecule has 2 amide bonds. The first-order valence-corrected chi connectivity index (χ1v) is 11.6. The van der Waals surface area contributed by atoms with E-state index in [-0.39, 0.29) is 11.5 Å². The van der Waals surface area contributed by atoms with Crippen LogP contribution >= 0.6 is 0 Å². The summed E-state index contributed by atoms with van der Waals surface area (Å²) in [5, 5.41) is 17.5. The number of phenolic OH excluding ortho intramolecular Hbond substituents is 1. The number of fused-ring (bicyclic) bond motifs is 1. The van der Waals surface area contributed by atoms with Gasteiger partial charge in [-0.3, -0.25) is 9.59 Å².